The summed E-state index contributed by atoms with van der Waals surface area (Å²) in [5.41, 5.74) is 7.06. The summed E-state index contributed by atoms with van der Waals surface area (Å²) < 4.78 is 0. The van der Waals surface area contributed by atoms with E-state index >= 15 is 0 Å². The van der Waals surface area contributed by atoms with Crippen molar-refractivity contribution in [2.24, 2.45) is 11.7 Å². The minimum Gasteiger partial charge on any atom is -0.367 e. The van der Waals surface area contributed by atoms with Gasteiger partial charge in [0.2, 0.25) is 5.91 Å². The molecule has 1 saturated carbocycles. The predicted molar refractivity (Wildman–Crippen MR) is 62.6 cm³/mol. The van der Waals surface area contributed by atoms with Crippen molar-refractivity contribution in [1.29, 1.82) is 0 Å². The molecule has 2 unspecified atom stereocenters. The molecule has 4 nitrogen and oxygen atoms in total. The summed E-state index contributed by atoms with van der Waals surface area (Å²) in [5, 5.41) is 2.95. The number of amides is 1. The fraction of sp³-hybridized carbons (Fsp3) is 0.583. The van der Waals surface area contributed by atoms with Crippen molar-refractivity contribution < 1.29 is 4.79 Å². The molecule has 0 aromatic carbocycles. The third-order valence-corrected chi connectivity index (χ3v) is 3.29. The molecule has 0 saturated heterocycles. The average Bonchev–Trinajstić information content (AvgIpc) is 2.79. The summed E-state index contributed by atoms with van der Waals surface area (Å²) in [6.07, 6.45) is 7.93. The Morgan fingerprint density at radius 3 is 3.00 bits per heavy atom. The summed E-state index contributed by atoms with van der Waals surface area (Å²) in [6.45, 7) is 0.589. The van der Waals surface area contributed by atoms with Gasteiger partial charge in [-0.2, -0.15) is 0 Å². The van der Waals surface area contributed by atoms with Crippen LogP contribution in [-0.4, -0.2) is 16.9 Å². The fourth-order valence-electron chi connectivity index (χ4n) is 2.27. The Balaban J connectivity index is 1.83. The van der Waals surface area contributed by atoms with Gasteiger partial charge in [0, 0.05) is 25.0 Å². The lowest BCUT2D eigenvalue weighted by molar-refractivity contribution is -0.126. The maximum absolute atomic E-state index is 11.9. The van der Waals surface area contributed by atoms with Gasteiger partial charge in [-0.3, -0.25) is 4.79 Å². The molecule has 1 aromatic heterocycles. The van der Waals surface area contributed by atoms with Gasteiger partial charge in [0.15, 0.2) is 0 Å². The van der Waals surface area contributed by atoms with E-state index in [1.54, 1.807) is 0 Å². The van der Waals surface area contributed by atoms with Crippen LogP contribution in [0, 0.1) is 5.92 Å². The van der Waals surface area contributed by atoms with E-state index in [1.165, 1.54) is 0 Å². The van der Waals surface area contributed by atoms with Gasteiger partial charge in [-0.25, -0.2) is 0 Å². The van der Waals surface area contributed by atoms with Crippen LogP contribution in [0.3, 0.4) is 0 Å². The summed E-state index contributed by atoms with van der Waals surface area (Å²) in [4.78, 5) is 14.9. The summed E-state index contributed by atoms with van der Waals surface area (Å²) in [7, 11) is 0. The zero-order chi connectivity index (χ0) is 11.4. The number of H-pyrrole nitrogens is 1. The van der Waals surface area contributed by atoms with Gasteiger partial charge < -0.3 is 16.0 Å². The molecule has 88 valence electrons. The second kappa shape index (κ2) is 5.16. The number of carbonyl (C=O) groups excluding carboxylic acids is 1. The fourth-order valence-corrected chi connectivity index (χ4v) is 2.27. The predicted octanol–water partition coefficient (Wildman–Crippen LogP) is 1.15. The van der Waals surface area contributed by atoms with Crippen LogP contribution in [0.15, 0.2) is 18.5 Å². The summed E-state index contributed by atoms with van der Waals surface area (Å²) in [6, 6.07) is 2.00. The highest BCUT2D eigenvalue weighted by Gasteiger charge is 2.27. The van der Waals surface area contributed by atoms with Crippen LogP contribution in [-0.2, 0) is 11.3 Å². The first-order valence-electron chi connectivity index (χ1n) is 5.92. The van der Waals surface area contributed by atoms with E-state index in [0.29, 0.717) is 6.54 Å². The van der Waals surface area contributed by atoms with Gasteiger partial charge in [0.1, 0.15) is 0 Å². The van der Waals surface area contributed by atoms with Gasteiger partial charge in [-0.1, -0.05) is 12.8 Å². The molecule has 4 heteroatoms. The number of aromatic nitrogens is 1. The molecule has 1 aromatic rings. The van der Waals surface area contributed by atoms with Crippen LogP contribution in [0.25, 0.3) is 0 Å². The van der Waals surface area contributed by atoms with Crippen LogP contribution in [0.4, 0.5) is 0 Å². The monoisotopic (exact) mass is 221 g/mol. The van der Waals surface area contributed by atoms with Gasteiger partial charge >= 0.3 is 0 Å². The van der Waals surface area contributed by atoms with Crippen LogP contribution in [0.1, 0.15) is 31.2 Å². The minimum atomic E-state index is 0.00712. The molecular formula is C12H19N3O. The number of hydrogen-bond donors (Lipinski definition) is 3. The van der Waals surface area contributed by atoms with Gasteiger partial charge in [0.25, 0.3) is 0 Å². The third kappa shape index (κ3) is 2.64. The summed E-state index contributed by atoms with van der Waals surface area (Å²) in [5.74, 6) is 0.112. The molecule has 0 bridgehead atoms. The zero-order valence-corrected chi connectivity index (χ0v) is 9.41. The first-order chi connectivity index (χ1) is 7.77. The second-order valence-electron chi connectivity index (χ2n) is 4.49. The molecule has 2 atom stereocenters. The van der Waals surface area contributed by atoms with Crippen LogP contribution >= 0.6 is 0 Å². The van der Waals surface area contributed by atoms with E-state index in [4.69, 9.17) is 5.73 Å². The Morgan fingerprint density at radius 1 is 1.50 bits per heavy atom. The van der Waals surface area contributed by atoms with Gasteiger partial charge in [0.05, 0.1) is 5.92 Å². The third-order valence-electron chi connectivity index (χ3n) is 3.29. The Hall–Kier alpha value is -1.29. The molecule has 2 rings (SSSR count). The van der Waals surface area contributed by atoms with Crippen molar-refractivity contribution in [2.45, 2.75) is 38.3 Å². The van der Waals surface area contributed by atoms with Crippen molar-refractivity contribution in [3.63, 3.8) is 0 Å². The number of hydrogen-bond acceptors (Lipinski definition) is 2. The van der Waals surface area contributed by atoms with Crippen molar-refractivity contribution >= 4 is 5.91 Å². The number of carbonyl (C=O) groups is 1. The Labute approximate surface area is 95.6 Å². The minimum absolute atomic E-state index is 0.00712. The molecule has 1 heterocycles. The number of nitrogens with two attached hydrogens (primary N) is 1. The lowest BCUT2D eigenvalue weighted by Gasteiger charge is -2.27. The molecular weight excluding hydrogens is 202 g/mol. The van der Waals surface area contributed by atoms with E-state index in [1.807, 2.05) is 18.5 Å². The smallest absolute Gasteiger partial charge is 0.224 e. The Morgan fingerprint density at radius 2 is 2.31 bits per heavy atom. The molecule has 0 spiro atoms. The molecule has 1 aliphatic rings. The van der Waals surface area contributed by atoms with Gasteiger partial charge in [-0.15, -0.1) is 0 Å². The highest BCUT2D eigenvalue weighted by molar-refractivity contribution is 5.79. The van der Waals surface area contributed by atoms with Crippen LogP contribution in [0.2, 0.25) is 0 Å². The van der Waals surface area contributed by atoms with Crippen molar-refractivity contribution in [3.05, 3.63) is 24.0 Å². The normalized spacial score (nSPS) is 25.3. The zero-order valence-electron chi connectivity index (χ0n) is 9.41. The van der Waals surface area contributed by atoms with E-state index in [9.17, 15) is 4.79 Å². The molecule has 4 N–H and O–H groups in total. The number of nitrogens with one attached hydrogen (secondary N) is 2. The van der Waals surface area contributed by atoms with Crippen LogP contribution < -0.4 is 11.1 Å². The topological polar surface area (TPSA) is 70.9 Å². The van der Waals surface area contributed by atoms with Crippen molar-refractivity contribution in [1.82, 2.24) is 10.3 Å². The van der Waals surface area contributed by atoms with E-state index < -0.39 is 0 Å². The quantitative estimate of drug-likeness (QED) is 0.716. The Kier molecular flexibility index (Phi) is 3.62. The first kappa shape index (κ1) is 11.2. The van der Waals surface area contributed by atoms with Crippen LogP contribution in [0.5, 0.6) is 0 Å². The standard InChI is InChI=1S/C12H19N3O/c13-11-4-2-1-3-10(11)12(16)15-8-9-5-6-14-7-9/h5-7,10-11,14H,1-4,8,13H2,(H,15,16). The highest BCUT2D eigenvalue weighted by atomic mass is 16.1. The molecule has 16 heavy (non-hydrogen) atoms. The average molecular weight is 221 g/mol. The van der Waals surface area contributed by atoms with Gasteiger partial charge in [-0.05, 0) is 24.5 Å². The SMILES string of the molecule is NC1CCCCC1C(=O)NCc1cc[nH]c1. The number of rotatable bonds is 3. The lowest BCUT2D eigenvalue weighted by atomic mass is 9.84. The van der Waals surface area contributed by atoms with E-state index in [-0.39, 0.29) is 17.9 Å². The maximum Gasteiger partial charge on any atom is 0.224 e. The molecule has 0 radical (unpaired) electrons. The maximum atomic E-state index is 11.9. The Bertz CT molecular complexity index is 334. The largest absolute Gasteiger partial charge is 0.367 e. The van der Waals surface area contributed by atoms with E-state index in [2.05, 4.69) is 10.3 Å². The number of aromatic amines is 1. The summed E-state index contributed by atoms with van der Waals surface area (Å²) >= 11 is 0. The first-order valence-corrected chi connectivity index (χ1v) is 5.92. The molecule has 1 fully saturated rings. The second-order valence-corrected chi connectivity index (χ2v) is 4.49. The molecule has 0 aliphatic heterocycles. The lowest BCUT2D eigenvalue weighted by Crippen LogP contribution is -2.43. The highest BCUT2D eigenvalue weighted by Crippen LogP contribution is 2.23. The molecule has 1 amide bonds. The molecule has 1 aliphatic carbocycles. The van der Waals surface area contributed by atoms with Crippen molar-refractivity contribution in [2.75, 3.05) is 0 Å². The van der Waals surface area contributed by atoms with Crippen molar-refractivity contribution in [3.8, 4) is 0 Å². The van der Waals surface area contributed by atoms with E-state index in [0.717, 1.165) is 31.2 Å².